The van der Waals surface area contributed by atoms with Gasteiger partial charge in [0.25, 0.3) is 0 Å². The van der Waals surface area contributed by atoms with E-state index in [1.165, 1.54) is 18.2 Å². The Morgan fingerprint density at radius 2 is 2.00 bits per heavy atom. The highest BCUT2D eigenvalue weighted by Gasteiger charge is 2.13. The van der Waals surface area contributed by atoms with Crippen molar-refractivity contribution in [1.29, 1.82) is 0 Å². The summed E-state index contributed by atoms with van der Waals surface area (Å²) in [5.74, 6) is 0.436. The molecule has 5 heteroatoms. The molecule has 0 aliphatic rings. The van der Waals surface area contributed by atoms with E-state index in [1.807, 2.05) is 31.2 Å². The van der Waals surface area contributed by atoms with Gasteiger partial charge in [-0.3, -0.25) is 0 Å². The van der Waals surface area contributed by atoms with Gasteiger partial charge in [-0.15, -0.1) is 0 Å². The first-order valence-corrected chi connectivity index (χ1v) is 7.60. The largest absolute Gasteiger partial charge is 0.459 e. The maximum absolute atomic E-state index is 13.3. The van der Waals surface area contributed by atoms with Crippen molar-refractivity contribution < 1.29 is 8.81 Å². The highest BCUT2D eigenvalue weighted by Crippen LogP contribution is 2.30. The van der Waals surface area contributed by atoms with Crippen LogP contribution in [-0.2, 0) is 0 Å². The first kappa shape index (κ1) is 14.4. The van der Waals surface area contributed by atoms with Crippen LogP contribution >= 0.6 is 27.5 Å². The van der Waals surface area contributed by atoms with Crippen molar-refractivity contribution in [2.75, 3.05) is 5.32 Å². The normalized spacial score (nSPS) is 12.6. The molecule has 1 N–H and O–H groups in total. The minimum atomic E-state index is -0.331. The third-order valence-electron chi connectivity index (χ3n) is 3.22. The Morgan fingerprint density at radius 1 is 1.19 bits per heavy atom. The van der Waals surface area contributed by atoms with Crippen LogP contribution in [0, 0.1) is 5.82 Å². The Balaban J connectivity index is 1.89. The lowest BCUT2D eigenvalue weighted by molar-refractivity contribution is 0.526. The van der Waals surface area contributed by atoms with Crippen molar-refractivity contribution in [3.05, 3.63) is 63.5 Å². The molecule has 0 saturated carbocycles. The lowest BCUT2D eigenvalue weighted by Gasteiger charge is -2.14. The summed E-state index contributed by atoms with van der Waals surface area (Å²) in [6.07, 6.45) is 0. The summed E-state index contributed by atoms with van der Waals surface area (Å²) in [5, 5.41) is 4.65. The summed E-state index contributed by atoms with van der Waals surface area (Å²) in [5.41, 5.74) is 1.36. The molecule has 3 aromatic rings. The molecule has 0 radical (unpaired) electrons. The van der Waals surface area contributed by atoms with E-state index < -0.39 is 0 Å². The molecule has 1 atom stereocenters. The van der Waals surface area contributed by atoms with Crippen LogP contribution in [0.5, 0.6) is 0 Å². The zero-order chi connectivity index (χ0) is 15.0. The van der Waals surface area contributed by atoms with Crippen LogP contribution in [0.2, 0.25) is 5.02 Å². The average Bonchev–Trinajstić information content (AvgIpc) is 2.86. The average molecular weight is 369 g/mol. The van der Waals surface area contributed by atoms with Gasteiger partial charge in [0, 0.05) is 9.86 Å². The minimum absolute atomic E-state index is 0.129. The van der Waals surface area contributed by atoms with Crippen LogP contribution in [-0.4, -0.2) is 0 Å². The van der Waals surface area contributed by atoms with Crippen LogP contribution in [0.25, 0.3) is 11.0 Å². The van der Waals surface area contributed by atoms with Gasteiger partial charge in [0.15, 0.2) is 0 Å². The minimum Gasteiger partial charge on any atom is -0.459 e. The zero-order valence-corrected chi connectivity index (χ0v) is 13.5. The fourth-order valence-corrected chi connectivity index (χ4v) is 2.71. The molecule has 0 spiro atoms. The molecule has 0 aliphatic heterocycles. The van der Waals surface area contributed by atoms with Crippen molar-refractivity contribution in [3.63, 3.8) is 0 Å². The summed E-state index contributed by atoms with van der Waals surface area (Å²) < 4.78 is 20.1. The van der Waals surface area contributed by atoms with E-state index in [4.69, 9.17) is 16.0 Å². The highest BCUT2D eigenvalue weighted by molar-refractivity contribution is 9.10. The maximum atomic E-state index is 13.3. The second kappa shape index (κ2) is 5.70. The van der Waals surface area contributed by atoms with Crippen molar-refractivity contribution in [3.8, 4) is 0 Å². The molecule has 0 aliphatic carbocycles. The predicted octanol–water partition coefficient (Wildman–Crippen LogP) is 6.16. The van der Waals surface area contributed by atoms with Crippen molar-refractivity contribution in [2.24, 2.45) is 0 Å². The zero-order valence-electron chi connectivity index (χ0n) is 11.2. The maximum Gasteiger partial charge on any atom is 0.134 e. The Bertz CT molecular complexity index is 802. The molecule has 1 heterocycles. The summed E-state index contributed by atoms with van der Waals surface area (Å²) in [6.45, 7) is 1.94. The topological polar surface area (TPSA) is 25.2 Å². The van der Waals surface area contributed by atoms with E-state index in [9.17, 15) is 4.39 Å². The number of hydrogen-bond donors (Lipinski definition) is 1. The highest BCUT2D eigenvalue weighted by atomic mass is 79.9. The molecule has 0 saturated heterocycles. The Kier molecular flexibility index (Phi) is 3.91. The molecule has 1 aromatic heterocycles. The molecule has 2 aromatic carbocycles. The van der Waals surface area contributed by atoms with E-state index in [0.29, 0.717) is 10.7 Å². The van der Waals surface area contributed by atoms with Gasteiger partial charge in [-0.05, 0) is 49.4 Å². The van der Waals surface area contributed by atoms with Crippen LogP contribution in [0.1, 0.15) is 18.7 Å². The van der Waals surface area contributed by atoms with Crippen molar-refractivity contribution in [1.82, 2.24) is 0 Å². The quantitative estimate of drug-likeness (QED) is 0.599. The molecule has 1 unspecified atom stereocenters. The van der Waals surface area contributed by atoms with Gasteiger partial charge >= 0.3 is 0 Å². The molecular weight excluding hydrogens is 357 g/mol. The van der Waals surface area contributed by atoms with Gasteiger partial charge < -0.3 is 9.73 Å². The Labute approximate surface area is 135 Å². The monoisotopic (exact) mass is 367 g/mol. The summed E-state index contributed by atoms with van der Waals surface area (Å²) in [7, 11) is 0. The molecule has 21 heavy (non-hydrogen) atoms. The van der Waals surface area contributed by atoms with Crippen LogP contribution in [0.4, 0.5) is 10.1 Å². The van der Waals surface area contributed by atoms with E-state index in [0.717, 1.165) is 21.2 Å². The number of hydrogen-bond acceptors (Lipinski definition) is 2. The number of furan rings is 1. The molecule has 108 valence electrons. The molecule has 2 nitrogen and oxygen atoms in total. The number of nitrogens with one attached hydrogen (secondary N) is 1. The van der Waals surface area contributed by atoms with Gasteiger partial charge in [0.2, 0.25) is 0 Å². The number of anilines is 1. The Morgan fingerprint density at radius 3 is 2.81 bits per heavy atom. The number of benzene rings is 2. The number of halogens is 3. The Hall–Kier alpha value is -1.52. The first-order chi connectivity index (χ1) is 10.0. The summed E-state index contributed by atoms with van der Waals surface area (Å²) >= 11 is 9.49. The molecule has 0 fully saturated rings. The van der Waals surface area contributed by atoms with Crippen molar-refractivity contribution in [2.45, 2.75) is 13.0 Å². The van der Waals surface area contributed by atoms with Gasteiger partial charge in [0.1, 0.15) is 17.2 Å². The molecule has 3 rings (SSSR count). The molecule has 0 bridgehead atoms. The lowest BCUT2D eigenvalue weighted by atomic mass is 10.2. The lowest BCUT2D eigenvalue weighted by Crippen LogP contribution is -2.06. The van der Waals surface area contributed by atoms with Crippen LogP contribution < -0.4 is 5.32 Å². The fourth-order valence-electron chi connectivity index (χ4n) is 2.16. The molecular formula is C16H12BrClFNO. The molecule has 0 amide bonds. The summed E-state index contributed by atoms with van der Waals surface area (Å²) in [6, 6.07) is 11.9. The third-order valence-corrected chi connectivity index (χ3v) is 4.05. The number of fused-ring (bicyclic) bond motifs is 1. The van der Waals surface area contributed by atoms with E-state index >= 15 is 0 Å². The first-order valence-electron chi connectivity index (χ1n) is 6.43. The fraction of sp³-hybridized carbons (Fsp3) is 0.125. The van der Waals surface area contributed by atoms with Gasteiger partial charge in [-0.25, -0.2) is 4.39 Å². The smallest absolute Gasteiger partial charge is 0.134 e. The van der Waals surface area contributed by atoms with Crippen molar-refractivity contribution >= 4 is 44.2 Å². The number of rotatable bonds is 3. The van der Waals surface area contributed by atoms with Crippen LogP contribution in [0.3, 0.4) is 0 Å². The van der Waals surface area contributed by atoms with E-state index in [1.54, 1.807) is 0 Å². The second-order valence-corrected chi connectivity index (χ2v) is 6.14. The third kappa shape index (κ3) is 3.06. The van der Waals surface area contributed by atoms with Gasteiger partial charge in [0.05, 0.1) is 16.8 Å². The summed E-state index contributed by atoms with van der Waals surface area (Å²) in [4.78, 5) is 0. The SMILES string of the molecule is CC(Nc1cc(F)ccc1Cl)c1cc2cc(Br)ccc2o1. The van der Waals surface area contributed by atoms with Gasteiger partial charge in [-0.2, -0.15) is 0 Å². The predicted molar refractivity (Wildman–Crippen MR) is 87.4 cm³/mol. The second-order valence-electron chi connectivity index (χ2n) is 4.82. The standard InChI is InChI=1S/C16H12BrClFNO/c1-9(20-14-8-12(19)3-4-13(14)18)16-7-10-6-11(17)2-5-15(10)21-16/h2-9,20H,1H3. The van der Waals surface area contributed by atoms with E-state index in [2.05, 4.69) is 21.2 Å². The van der Waals surface area contributed by atoms with Crippen LogP contribution in [0.15, 0.2) is 51.4 Å². The van der Waals surface area contributed by atoms with Gasteiger partial charge in [-0.1, -0.05) is 27.5 Å². The van der Waals surface area contributed by atoms with E-state index in [-0.39, 0.29) is 11.9 Å².